The molecular weight excluding hydrogens is 242 g/mol. The number of rotatable bonds is 1. The number of hydrogen-bond donors (Lipinski definition) is 0. The lowest BCUT2D eigenvalue weighted by Crippen LogP contribution is -2.37. The van der Waals surface area contributed by atoms with Crippen molar-refractivity contribution in [1.29, 1.82) is 0 Å². The lowest BCUT2D eigenvalue weighted by atomic mass is 10.2. The van der Waals surface area contributed by atoms with Crippen molar-refractivity contribution in [3.05, 3.63) is 48.9 Å². The third-order valence-electron chi connectivity index (χ3n) is 2.46. The van der Waals surface area contributed by atoms with Crippen molar-refractivity contribution in [3.63, 3.8) is 0 Å². The van der Waals surface area contributed by atoms with E-state index in [0.717, 1.165) is 0 Å². The molecule has 100 valence electrons. The Morgan fingerprint density at radius 2 is 2.05 bits per heavy atom. The van der Waals surface area contributed by atoms with Crippen LogP contribution in [0.1, 0.15) is 20.8 Å². The smallest absolute Gasteiger partial charge is 0.419 e. The fourth-order valence-electron chi connectivity index (χ4n) is 1.71. The monoisotopic (exact) mass is 259 g/mol. The van der Waals surface area contributed by atoms with Crippen LogP contribution in [0.25, 0.3) is 0 Å². The quantitative estimate of drug-likeness (QED) is 0.769. The van der Waals surface area contributed by atoms with E-state index in [0.29, 0.717) is 17.1 Å². The number of para-hydroxylation sites is 2. The maximum Gasteiger partial charge on any atom is 0.419 e. The molecule has 19 heavy (non-hydrogen) atoms. The highest BCUT2D eigenvalue weighted by molar-refractivity contribution is 5.94. The zero-order valence-corrected chi connectivity index (χ0v) is 11.3. The summed E-state index contributed by atoms with van der Waals surface area (Å²) in [6, 6.07) is 7.28. The van der Waals surface area contributed by atoms with Crippen molar-refractivity contribution < 1.29 is 14.3 Å². The van der Waals surface area contributed by atoms with Gasteiger partial charge in [0.25, 0.3) is 0 Å². The van der Waals surface area contributed by atoms with Crippen molar-refractivity contribution in [1.82, 2.24) is 0 Å². The predicted octanol–water partition coefficient (Wildman–Crippen LogP) is 3.85. The van der Waals surface area contributed by atoms with Gasteiger partial charge in [-0.1, -0.05) is 18.7 Å². The minimum absolute atomic E-state index is 0.450. The Morgan fingerprint density at radius 3 is 2.68 bits per heavy atom. The highest BCUT2D eigenvalue weighted by Crippen LogP contribution is 2.35. The molecule has 2 rings (SSSR count). The van der Waals surface area contributed by atoms with Gasteiger partial charge >= 0.3 is 6.09 Å². The highest BCUT2D eigenvalue weighted by atomic mass is 16.6. The second-order valence-electron chi connectivity index (χ2n) is 5.15. The van der Waals surface area contributed by atoms with Crippen molar-refractivity contribution in [2.45, 2.75) is 26.4 Å². The first-order valence-corrected chi connectivity index (χ1v) is 6.04. The standard InChI is InChI=1S/C15H17NO3/c1-5-11-10-18-13-9-7-6-8-12(13)16(11)14(17)19-15(2,3)4/h5-10H,1H2,2-4H3. The number of carbonyl (C=O) groups excluding carboxylic acids is 1. The summed E-state index contributed by atoms with van der Waals surface area (Å²) in [5.41, 5.74) is 0.637. The normalized spacial score (nSPS) is 14.1. The molecule has 1 aromatic carbocycles. The van der Waals surface area contributed by atoms with E-state index < -0.39 is 11.7 Å². The van der Waals surface area contributed by atoms with Gasteiger partial charge in [-0.25, -0.2) is 9.69 Å². The lowest BCUT2D eigenvalue weighted by molar-refractivity contribution is 0.0590. The zero-order chi connectivity index (χ0) is 14.0. The van der Waals surface area contributed by atoms with Gasteiger partial charge in [-0.2, -0.15) is 0 Å². The molecule has 0 saturated heterocycles. The molecule has 0 aliphatic carbocycles. The number of carbonyl (C=O) groups is 1. The van der Waals surface area contributed by atoms with Crippen LogP contribution in [-0.4, -0.2) is 11.7 Å². The average molecular weight is 259 g/mol. The summed E-state index contributed by atoms with van der Waals surface area (Å²) in [5, 5.41) is 0. The molecule has 1 amide bonds. The molecule has 0 fully saturated rings. The lowest BCUT2D eigenvalue weighted by Gasteiger charge is -2.30. The summed E-state index contributed by atoms with van der Waals surface area (Å²) in [5.74, 6) is 0.610. The summed E-state index contributed by atoms with van der Waals surface area (Å²) in [6.45, 7) is 9.17. The van der Waals surface area contributed by atoms with E-state index in [1.165, 1.54) is 11.2 Å². The number of nitrogens with zero attached hydrogens (tertiary/aromatic N) is 1. The molecule has 0 spiro atoms. The van der Waals surface area contributed by atoms with Gasteiger partial charge in [0, 0.05) is 0 Å². The minimum atomic E-state index is -0.559. The van der Waals surface area contributed by atoms with Gasteiger partial charge in [-0.15, -0.1) is 0 Å². The first-order valence-electron chi connectivity index (χ1n) is 6.04. The first-order chi connectivity index (χ1) is 8.92. The highest BCUT2D eigenvalue weighted by Gasteiger charge is 2.29. The molecule has 0 saturated carbocycles. The number of benzene rings is 1. The van der Waals surface area contributed by atoms with Gasteiger partial charge in [-0.05, 0) is 39.0 Å². The van der Waals surface area contributed by atoms with E-state index >= 15 is 0 Å². The van der Waals surface area contributed by atoms with Crippen molar-refractivity contribution in [2.75, 3.05) is 4.90 Å². The fourth-order valence-corrected chi connectivity index (χ4v) is 1.71. The van der Waals surface area contributed by atoms with Crippen LogP contribution in [0.15, 0.2) is 48.9 Å². The Balaban J connectivity index is 2.39. The number of ether oxygens (including phenoxy) is 2. The number of hydrogen-bond acceptors (Lipinski definition) is 3. The van der Waals surface area contributed by atoms with Gasteiger partial charge in [0.2, 0.25) is 0 Å². The van der Waals surface area contributed by atoms with Crippen LogP contribution >= 0.6 is 0 Å². The SMILES string of the molecule is C=CC1=COc2ccccc2N1C(=O)OC(C)(C)C. The molecule has 0 aromatic heterocycles. The van der Waals surface area contributed by atoms with Crippen LogP contribution in [-0.2, 0) is 4.74 Å². The van der Waals surface area contributed by atoms with Gasteiger partial charge in [0.1, 0.15) is 11.9 Å². The number of anilines is 1. The average Bonchev–Trinajstić information content (AvgIpc) is 2.35. The zero-order valence-electron chi connectivity index (χ0n) is 11.3. The van der Waals surface area contributed by atoms with E-state index in [2.05, 4.69) is 6.58 Å². The van der Waals surface area contributed by atoms with E-state index in [4.69, 9.17) is 9.47 Å². The van der Waals surface area contributed by atoms with Gasteiger partial charge in [0.15, 0.2) is 5.75 Å². The van der Waals surface area contributed by atoms with E-state index in [1.807, 2.05) is 32.9 Å². The topological polar surface area (TPSA) is 38.8 Å². The largest absolute Gasteiger partial charge is 0.461 e. The Hall–Kier alpha value is -2.23. The molecule has 1 aliphatic rings. The summed E-state index contributed by atoms with van der Waals surface area (Å²) in [6.07, 6.45) is 2.59. The Morgan fingerprint density at radius 1 is 1.37 bits per heavy atom. The van der Waals surface area contributed by atoms with E-state index in [1.54, 1.807) is 18.2 Å². The van der Waals surface area contributed by atoms with Crippen LogP contribution in [0.3, 0.4) is 0 Å². The number of fused-ring (bicyclic) bond motifs is 1. The maximum atomic E-state index is 12.3. The third-order valence-corrected chi connectivity index (χ3v) is 2.46. The molecule has 0 N–H and O–H groups in total. The summed E-state index contributed by atoms with van der Waals surface area (Å²) in [4.78, 5) is 13.8. The summed E-state index contributed by atoms with van der Waals surface area (Å²) < 4.78 is 10.9. The first kappa shape index (κ1) is 13.2. The molecule has 1 heterocycles. The van der Waals surface area contributed by atoms with Crippen LogP contribution in [0.5, 0.6) is 5.75 Å². The second kappa shape index (κ2) is 4.80. The van der Waals surface area contributed by atoms with Crippen LogP contribution in [0, 0.1) is 0 Å². The van der Waals surface area contributed by atoms with Crippen LogP contribution in [0.2, 0.25) is 0 Å². The van der Waals surface area contributed by atoms with Crippen LogP contribution < -0.4 is 9.64 Å². The predicted molar refractivity (Wildman–Crippen MR) is 74.1 cm³/mol. The number of allylic oxidation sites excluding steroid dienone is 1. The Bertz CT molecular complexity index is 541. The van der Waals surface area contributed by atoms with E-state index in [9.17, 15) is 4.79 Å². The molecule has 0 radical (unpaired) electrons. The van der Waals surface area contributed by atoms with Gasteiger partial charge < -0.3 is 9.47 Å². The van der Waals surface area contributed by atoms with Crippen molar-refractivity contribution >= 4 is 11.8 Å². The summed E-state index contributed by atoms with van der Waals surface area (Å²) in [7, 11) is 0. The van der Waals surface area contributed by atoms with Crippen molar-refractivity contribution in [3.8, 4) is 5.75 Å². The molecule has 1 aromatic rings. The van der Waals surface area contributed by atoms with Crippen LogP contribution in [0.4, 0.5) is 10.5 Å². The van der Waals surface area contributed by atoms with Gasteiger partial charge in [-0.3, -0.25) is 0 Å². The Kier molecular flexibility index (Phi) is 3.34. The van der Waals surface area contributed by atoms with E-state index in [-0.39, 0.29) is 0 Å². The molecule has 4 heteroatoms. The minimum Gasteiger partial charge on any atom is -0.461 e. The molecule has 0 bridgehead atoms. The second-order valence-corrected chi connectivity index (χ2v) is 5.15. The third kappa shape index (κ3) is 2.78. The van der Waals surface area contributed by atoms with Crippen molar-refractivity contribution in [2.24, 2.45) is 0 Å². The molecule has 0 unspecified atom stereocenters. The Labute approximate surface area is 112 Å². The molecule has 0 atom stereocenters. The molecule has 4 nitrogen and oxygen atoms in total. The fraction of sp³-hybridized carbons (Fsp3) is 0.267. The molecule has 1 aliphatic heterocycles. The summed E-state index contributed by atoms with van der Waals surface area (Å²) >= 11 is 0. The van der Waals surface area contributed by atoms with Gasteiger partial charge in [0.05, 0.1) is 11.4 Å². The number of amides is 1. The maximum absolute atomic E-state index is 12.3. The molecular formula is C15H17NO3.